The van der Waals surface area contributed by atoms with E-state index in [2.05, 4.69) is 34.6 Å². The van der Waals surface area contributed by atoms with Crippen LogP contribution < -0.4 is 0 Å². The predicted octanol–water partition coefficient (Wildman–Crippen LogP) is 4.79. The molecular weight excluding hydrogens is 231 g/mol. The average molecular weight is 260 g/mol. The highest BCUT2D eigenvalue weighted by Gasteiger charge is 2.41. The summed E-state index contributed by atoms with van der Waals surface area (Å²) in [5, 5.41) is 0. The summed E-state index contributed by atoms with van der Waals surface area (Å²) in [7, 11) is 0. The zero-order valence-electron chi connectivity index (χ0n) is 13.4. The van der Waals surface area contributed by atoms with Gasteiger partial charge in [-0.05, 0) is 29.2 Å². The summed E-state index contributed by atoms with van der Waals surface area (Å²) in [6.07, 6.45) is 8.99. The Kier molecular flexibility index (Phi) is 4.00. The van der Waals surface area contributed by atoms with Crippen LogP contribution in [0.15, 0.2) is 11.5 Å². The monoisotopic (exact) mass is 260 g/mol. The topological polar surface area (TPSA) is 17.1 Å². The standard InChI is InChI=1S/C17H29BO/c1-13-10-14(12-15(19)11-13)18-8-6-16(2,3)17(4,5)7-9-18/h12-13H,6-11H2,1-5H3. The Hall–Kier alpha value is -0.525. The van der Waals surface area contributed by atoms with E-state index in [1.165, 1.54) is 31.0 Å². The predicted molar refractivity (Wildman–Crippen MR) is 83.7 cm³/mol. The third kappa shape index (κ3) is 3.15. The van der Waals surface area contributed by atoms with E-state index in [1.807, 2.05) is 6.08 Å². The molecule has 1 aliphatic heterocycles. The van der Waals surface area contributed by atoms with Gasteiger partial charge in [-0.1, -0.05) is 65.6 Å². The van der Waals surface area contributed by atoms with Crippen LogP contribution in [0.1, 0.15) is 60.3 Å². The third-order valence-corrected chi connectivity index (χ3v) is 6.07. The Bertz CT molecular complexity index is 374. The van der Waals surface area contributed by atoms with E-state index >= 15 is 0 Å². The molecule has 0 bridgehead atoms. The fourth-order valence-corrected chi connectivity index (χ4v) is 3.69. The molecule has 106 valence electrons. The lowest BCUT2D eigenvalue weighted by atomic mass is 9.38. The van der Waals surface area contributed by atoms with E-state index in [0.29, 0.717) is 29.2 Å². The summed E-state index contributed by atoms with van der Waals surface area (Å²) in [4.78, 5) is 11.8. The van der Waals surface area contributed by atoms with E-state index in [1.54, 1.807) is 0 Å². The number of hydrogen-bond acceptors (Lipinski definition) is 1. The minimum absolute atomic E-state index is 0.358. The second kappa shape index (κ2) is 5.11. The molecule has 1 unspecified atom stereocenters. The van der Waals surface area contributed by atoms with Crippen molar-refractivity contribution in [3.63, 3.8) is 0 Å². The smallest absolute Gasteiger partial charge is 0.170 e. The van der Waals surface area contributed by atoms with Gasteiger partial charge < -0.3 is 0 Å². The Morgan fingerprint density at radius 3 is 2.05 bits per heavy atom. The molecule has 1 nitrogen and oxygen atoms in total. The van der Waals surface area contributed by atoms with Gasteiger partial charge in [0, 0.05) is 6.42 Å². The first-order chi connectivity index (χ1) is 8.71. The van der Waals surface area contributed by atoms with E-state index < -0.39 is 0 Å². The lowest BCUT2D eigenvalue weighted by Gasteiger charge is -2.40. The zero-order valence-corrected chi connectivity index (χ0v) is 13.4. The Labute approximate surface area is 119 Å². The van der Waals surface area contributed by atoms with Crippen LogP contribution in [-0.2, 0) is 4.79 Å². The summed E-state index contributed by atoms with van der Waals surface area (Å²) < 4.78 is 0. The summed E-state index contributed by atoms with van der Waals surface area (Å²) in [5.41, 5.74) is 2.27. The van der Waals surface area contributed by atoms with Crippen LogP contribution >= 0.6 is 0 Å². The molecule has 2 heteroatoms. The van der Waals surface area contributed by atoms with Crippen molar-refractivity contribution in [2.75, 3.05) is 0 Å². The first-order valence-electron chi connectivity index (χ1n) is 7.94. The van der Waals surface area contributed by atoms with Crippen LogP contribution in [0, 0.1) is 16.7 Å². The molecular formula is C17H29BO. The molecule has 0 saturated carbocycles. The molecule has 1 saturated heterocycles. The minimum atomic E-state index is 0.358. The zero-order chi connectivity index (χ0) is 14.3. The lowest BCUT2D eigenvalue weighted by molar-refractivity contribution is -0.115. The summed E-state index contributed by atoms with van der Waals surface area (Å²) in [6.45, 7) is 12.5. The van der Waals surface area contributed by atoms with Crippen LogP contribution in [0.3, 0.4) is 0 Å². The fraction of sp³-hybridized carbons (Fsp3) is 0.824. The summed E-state index contributed by atoms with van der Waals surface area (Å²) in [5.74, 6) is 0.910. The van der Waals surface area contributed by atoms with Crippen molar-refractivity contribution in [2.45, 2.75) is 72.9 Å². The van der Waals surface area contributed by atoms with Gasteiger partial charge in [-0.25, -0.2) is 0 Å². The van der Waals surface area contributed by atoms with Crippen molar-refractivity contribution in [1.82, 2.24) is 0 Å². The number of carbonyl (C=O) groups is 1. The number of carbonyl (C=O) groups excluding carboxylic acids is 1. The van der Waals surface area contributed by atoms with E-state index in [-0.39, 0.29) is 0 Å². The van der Waals surface area contributed by atoms with Gasteiger partial charge in [0.05, 0.1) is 0 Å². The summed E-state index contributed by atoms with van der Waals surface area (Å²) >= 11 is 0. The molecule has 0 radical (unpaired) electrons. The van der Waals surface area contributed by atoms with Crippen LogP contribution in [0.5, 0.6) is 0 Å². The maximum Gasteiger partial charge on any atom is 0.170 e. The second-order valence-electron chi connectivity index (χ2n) is 8.24. The largest absolute Gasteiger partial charge is 0.295 e. The van der Waals surface area contributed by atoms with Gasteiger partial charge in [0.1, 0.15) is 0 Å². The molecule has 0 aromatic carbocycles. The lowest BCUT2D eigenvalue weighted by Crippen LogP contribution is -2.30. The highest BCUT2D eigenvalue weighted by molar-refractivity contribution is 6.67. The van der Waals surface area contributed by atoms with Gasteiger partial charge in [-0.3, -0.25) is 4.79 Å². The first-order valence-corrected chi connectivity index (χ1v) is 7.94. The normalized spacial score (nSPS) is 30.8. The van der Waals surface area contributed by atoms with Gasteiger partial charge >= 0.3 is 0 Å². The van der Waals surface area contributed by atoms with Crippen LogP contribution in [-0.4, -0.2) is 12.5 Å². The molecule has 1 fully saturated rings. The fourth-order valence-electron chi connectivity index (χ4n) is 3.69. The summed E-state index contributed by atoms with van der Waals surface area (Å²) in [6, 6.07) is 0. The maximum absolute atomic E-state index is 11.8. The van der Waals surface area contributed by atoms with Crippen molar-refractivity contribution in [3.05, 3.63) is 11.5 Å². The van der Waals surface area contributed by atoms with Crippen molar-refractivity contribution in [1.29, 1.82) is 0 Å². The maximum atomic E-state index is 11.8. The molecule has 2 rings (SSSR count). The second-order valence-corrected chi connectivity index (χ2v) is 8.24. The highest BCUT2D eigenvalue weighted by atomic mass is 16.1. The van der Waals surface area contributed by atoms with E-state index in [0.717, 1.165) is 12.8 Å². The van der Waals surface area contributed by atoms with Crippen LogP contribution in [0.2, 0.25) is 12.6 Å². The molecule has 1 aliphatic carbocycles. The Morgan fingerprint density at radius 1 is 1.05 bits per heavy atom. The van der Waals surface area contributed by atoms with Crippen molar-refractivity contribution >= 4 is 12.5 Å². The highest BCUT2D eigenvalue weighted by Crippen LogP contribution is 2.49. The molecule has 19 heavy (non-hydrogen) atoms. The number of allylic oxidation sites excluding steroid dienone is 2. The average Bonchev–Trinajstić information content (AvgIpc) is 2.36. The van der Waals surface area contributed by atoms with Crippen molar-refractivity contribution in [2.24, 2.45) is 16.7 Å². The minimum Gasteiger partial charge on any atom is -0.295 e. The van der Waals surface area contributed by atoms with Gasteiger partial charge in [-0.15, -0.1) is 0 Å². The number of ketones is 1. The van der Waals surface area contributed by atoms with Gasteiger partial charge in [0.15, 0.2) is 12.5 Å². The third-order valence-electron chi connectivity index (χ3n) is 6.07. The van der Waals surface area contributed by atoms with E-state index in [9.17, 15) is 4.79 Å². The molecule has 2 aliphatic rings. The molecule has 0 aromatic rings. The Balaban J connectivity index is 2.14. The molecule has 0 amide bonds. The number of rotatable bonds is 1. The molecule has 1 atom stereocenters. The quantitative estimate of drug-likeness (QED) is 0.619. The molecule has 1 heterocycles. The van der Waals surface area contributed by atoms with E-state index in [4.69, 9.17) is 0 Å². The SMILES string of the molecule is CC1CC(=O)C=C(B2CCC(C)(C)C(C)(C)CC2)C1. The van der Waals surface area contributed by atoms with Gasteiger partial charge in [0.25, 0.3) is 0 Å². The number of hydrogen-bond donors (Lipinski definition) is 0. The molecule has 0 aromatic heterocycles. The van der Waals surface area contributed by atoms with Crippen molar-refractivity contribution < 1.29 is 4.79 Å². The molecule has 0 N–H and O–H groups in total. The Morgan fingerprint density at radius 2 is 1.58 bits per heavy atom. The van der Waals surface area contributed by atoms with Crippen LogP contribution in [0.4, 0.5) is 0 Å². The van der Waals surface area contributed by atoms with Crippen LogP contribution in [0.25, 0.3) is 0 Å². The van der Waals surface area contributed by atoms with Crippen molar-refractivity contribution in [3.8, 4) is 0 Å². The van der Waals surface area contributed by atoms with Gasteiger partial charge in [-0.2, -0.15) is 0 Å². The molecule has 0 spiro atoms. The first kappa shape index (κ1) is 14.9. The van der Waals surface area contributed by atoms with Gasteiger partial charge in [0.2, 0.25) is 0 Å².